The molecule has 22 heavy (non-hydrogen) atoms. The quantitative estimate of drug-likeness (QED) is 0.670. The summed E-state index contributed by atoms with van der Waals surface area (Å²) in [5.74, 6) is -1.73. The van der Waals surface area contributed by atoms with Gasteiger partial charge in [0.15, 0.2) is 5.15 Å². The zero-order valence-corrected chi connectivity index (χ0v) is 12.5. The Morgan fingerprint density at radius 1 is 1.23 bits per heavy atom. The van der Waals surface area contributed by atoms with E-state index in [-0.39, 0.29) is 21.4 Å². The smallest absolute Gasteiger partial charge is 0.319 e. The molecule has 0 bridgehead atoms. The van der Waals surface area contributed by atoms with Crippen LogP contribution >= 0.6 is 23.4 Å². The van der Waals surface area contributed by atoms with E-state index in [0.717, 1.165) is 0 Å². The maximum absolute atomic E-state index is 12.3. The molecule has 0 saturated heterocycles. The minimum Gasteiger partial charge on any atom is -0.319 e. The van der Waals surface area contributed by atoms with Crippen molar-refractivity contribution in [3.63, 3.8) is 0 Å². The Hall–Kier alpha value is -1.80. The summed E-state index contributed by atoms with van der Waals surface area (Å²) in [6.07, 6.45) is -1.57. The van der Waals surface area contributed by atoms with Gasteiger partial charge in [0.25, 0.3) is 5.91 Å². The fourth-order valence-electron chi connectivity index (χ4n) is 1.50. The number of nitrogens with zero attached hydrogens (tertiary/aromatic N) is 2. The first kappa shape index (κ1) is 16.6. The first-order valence-electron chi connectivity index (χ1n) is 5.93. The zero-order valence-electron chi connectivity index (χ0n) is 10.9. The van der Waals surface area contributed by atoms with Crippen molar-refractivity contribution in [1.82, 2.24) is 9.97 Å². The van der Waals surface area contributed by atoms with E-state index in [0.29, 0.717) is 11.8 Å². The lowest BCUT2D eigenvalue weighted by atomic mass is 10.2. The third kappa shape index (κ3) is 4.60. The van der Waals surface area contributed by atoms with Crippen LogP contribution < -0.4 is 5.32 Å². The number of aromatic nitrogens is 2. The molecule has 0 aliphatic heterocycles. The van der Waals surface area contributed by atoms with Crippen molar-refractivity contribution in [1.29, 1.82) is 0 Å². The summed E-state index contributed by atoms with van der Waals surface area (Å²) < 4.78 is 36.9. The predicted octanol–water partition coefficient (Wildman–Crippen LogP) is 4.04. The van der Waals surface area contributed by atoms with Crippen LogP contribution in [0.3, 0.4) is 0 Å². The van der Waals surface area contributed by atoms with Crippen LogP contribution in [0.1, 0.15) is 10.4 Å². The highest BCUT2D eigenvalue weighted by Gasteiger charge is 2.28. The van der Waals surface area contributed by atoms with Gasteiger partial charge in [-0.15, -0.1) is 0 Å². The number of rotatable bonds is 4. The number of nitrogens with one attached hydrogen (secondary N) is 1. The molecule has 2 heterocycles. The predicted molar refractivity (Wildman–Crippen MR) is 78.2 cm³/mol. The summed E-state index contributed by atoms with van der Waals surface area (Å²) in [6, 6.07) is 5.97. The van der Waals surface area contributed by atoms with E-state index in [2.05, 4.69) is 15.3 Å². The Morgan fingerprint density at radius 2 is 1.91 bits per heavy atom. The third-order valence-corrected chi connectivity index (χ3v) is 3.77. The van der Waals surface area contributed by atoms with Crippen LogP contribution in [0.2, 0.25) is 5.15 Å². The Balaban J connectivity index is 2.18. The number of carbonyl (C=O) groups excluding carboxylic acids is 1. The van der Waals surface area contributed by atoms with Gasteiger partial charge in [-0.25, -0.2) is 9.97 Å². The highest BCUT2D eigenvalue weighted by Crippen LogP contribution is 2.28. The molecule has 0 spiro atoms. The number of amides is 1. The highest BCUT2D eigenvalue weighted by molar-refractivity contribution is 7.99. The summed E-state index contributed by atoms with van der Waals surface area (Å²) in [6.45, 7) is 0. The van der Waals surface area contributed by atoms with Crippen molar-refractivity contribution in [3.05, 3.63) is 47.4 Å². The fourth-order valence-corrected chi connectivity index (χ4v) is 2.42. The van der Waals surface area contributed by atoms with Crippen LogP contribution in [-0.4, -0.2) is 27.8 Å². The molecular weight excluding hydrogens is 339 g/mol. The lowest BCUT2D eigenvalue weighted by Crippen LogP contribution is -2.16. The Kier molecular flexibility index (Phi) is 5.25. The molecule has 0 aliphatic carbocycles. The van der Waals surface area contributed by atoms with Crippen molar-refractivity contribution in [3.8, 4) is 0 Å². The van der Waals surface area contributed by atoms with E-state index in [4.69, 9.17) is 11.6 Å². The second kappa shape index (κ2) is 6.97. The number of alkyl halides is 3. The topological polar surface area (TPSA) is 54.9 Å². The van der Waals surface area contributed by atoms with Crippen LogP contribution in [-0.2, 0) is 0 Å². The molecule has 9 heteroatoms. The van der Waals surface area contributed by atoms with Gasteiger partial charge in [-0.05, 0) is 24.3 Å². The molecule has 0 radical (unpaired) electrons. The molecule has 0 unspecified atom stereocenters. The largest absolute Gasteiger partial charge is 0.398 e. The number of pyridine rings is 2. The summed E-state index contributed by atoms with van der Waals surface area (Å²) >= 11 is 6.27. The second-order valence-electron chi connectivity index (χ2n) is 4.06. The number of carbonyl (C=O) groups is 1. The van der Waals surface area contributed by atoms with Crippen LogP contribution in [0.25, 0.3) is 0 Å². The average molecular weight is 348 g/mol. The summed E-state index contributed by atoms with van der Waals surface area (Å²) in [5, 5.41) is 2.58. The van der Waals surface area contributed by atoms with Crippen molar-refractivity contribution in [2.45, 2.75) is 11.2 Å². The summed E-state index contributed by atoms with van der Waals surface area (Å²) in [7, 11) is 0. The van der Waals surface area contributed by atoms with Crippen molar-refractivity contribution >= 4 is 35.0 Å². The first-order valence-corrected chi connectivity index (χ1v) is 7.29. The normalized spacial score (nSPS) is 11.3. The average Bonchev–Trinajstić information content (AvgIpc) is 2.47. The van der Waals surface area contributed by atoms with E-state index in [1.54, 1.807) is 6.07 Å². The first-order chi connectivity index (χ1) is 10.4. The second-order valence-corrected chi connectivity index (χ2v) is 5.38. The third-order valence-electron chi connectivity index (χ3n) is 2.40. The summed E-state index contributed by atoms with van der Waals surface area (Å²) in [4.78, 5) is 19.8. The molecule has 0 fully saturated rings. The van der Waals surface area contributed by atoms with Crippen LogP contribution in [0.5, 0.6) is 0 Å². The molecule has 116 valence electrons. The van der Waals surface area contributed by atoms with E-state index in [1.807, 2.05) is 0 Å². The maximum atomic E-state index is 12.3. The van der Waals surface area contributed by atoms with Crippen molar-refractivity contribution < 1.29 is 18.0 Å². The minimum absolute atomic E-state index is 0.00247. The number of hydrogen-bond acceptors (Lipinski definition) is 4. The zero-order chi connectivity index (χ0) is 16.2. The van der Waals surface area contributed by atoms with Crippen LogP contribution in [0.15, 0.2) is 41.7 Å². The van der Waals surface area contributed by atoms with E-state index in [9.17, 15) is 18.0 Å². The number of halogens is 4. The van der Waals surface area contributed by atoms with Gasteiger partial charge in [-0.2, -0.15) is 13.2 Å². The molecule has 1 N–H and O–H groups in total. The van der Waals surface area contributed by atoms with Gasteiger partial charge in [-0.3, -0.25) is 4.79 Å². The Morgan fingerprint density at radius 3 is 2.59 bits per heavy atom. The Labute approximate surface area is 133 Å². The molecule has 0 aromatic carbocycles. The van der Waals surface area contributed by atoms with Crippen LogP contribution in [0.4, 0.5) is 18.9 Å². The van der Waals surface area contributed by atoms with E-state index in [1.165, 1.54) is 30.6 Å². The summed E-state index contributed by atoms with van der Waals surface area (Å²) in [5.41, 5.74) is 0.307. The van der Waals surface area contributed by atoms with E-state index < -0.39 is 17.8 Å². The van der Waals surface area contributed by atoms with Gasteiger partial charge >= 0.3 is 6.18 Å². The minimum atomic E-state index is -4.34. The van der Waals surface area contributed by atoms with Gasteiger partial charge in [0.1, 0.15) is 5.03 Å². The van der Waals surface area contributed by atoms with Crippen molar-refractivity contribution in [2.24, 2.45) is 0 Å². The molecule has 0 atom stereocenters. The molecule has 4 nitrogen and oxygen atoms in total. The van der Waals surface area contributed by atoms with Gasteiger partial charge in [0.2, 0.25) is 0 Å². The number of hydrogen-bond donors (Lipinski definition) is 1. The van der Waals surface area contributed by atoms with E-state index >= 15 is 0 Å². The van der Waals surface area contributed by atoms with Gasteiger partial charge in [0.05, 0.1) is 17.0 Å². The molecule has 2 aromatic heterocycles. The SMILES string of the molecule is O=C(Nc1cccnc1Cl)c1cccnc1SCC(F)(F)F. The van der Waals surface area contributed by atoms with Gasteiger partial charge in [0, 0.05) is 12.4 Å². The maximum Gasteiger partial charge on any atom is 0.398 e. The number of thioether (sulfide) groups is 1. The number of anilines is 1. The lowest BCUT2D eigenvalue weighted by Gasteiger charge is -2.10. The highest BCUT2D eigenvalue weighted by atomic mass is 35.5. The molecule has 2 aromatic rings. The van der Waals surface area contributed by atoms with Gasteiger partial charge < -0.3 is 5.32 Å². The molecule has 2 rings (SSSR count). The monoisotopic (exact) mass is 347 g/mol. The Bertz CT molecular complexity index is 682. The standard InChI is InChI=1S/C13H9ClF3N3OS/c14-10-9(4-2-5-18-10)20-11(21)8-3-1-6-19-12(8)22-7-13(15,16)17/h1-6H,7H2,(H,20,21). The molecule has 1 amide bonds. The molecule has 0 aliphatic rings. The fraction of sp³-hybridized carbons (Fsp3) is 0.154. The van der Waals surface area contributed by atoms with Crippen molar-refractivity contribution in [2.75, 3.05) is 11.1 Å². The van der Waals surface area contributed by atoms with Crippen LogP contribution in [0, 0.1) is 0 Å². The molecular formula is C13H9ClF3N3OS. The van der Waals surface area contributed by atoms with Gasteiger partial charge in [-0.1, -0.05) is 23.4 Å². The molecule has 0 saturated carbocycles. The lowest BCUT2D eigenvalue weighted by molar-refractivity contribution is -0.105.